The van der Waals surface area contributed by atoms with Gasteiger partial charge in [-0.1, -0.05) is 30.3 Å². The van der Waals surface area contributed by atoms with Crippen molar-refractivity contribution in [3.63, 3.8) is 0 Å². The second-order valence-corrected chi connectivity index (χ2v) is 7.70. The van der Waals surface area contributed by atoms with Crippen LogP contribution in [0.5, 0.6) is 0 Å². The Hall–Kier alpha value is -3.74. The Morgan fingerprint density at radius 1 is 1.10 bits per heavy atom. The zero-order valence-corrected chi connectivity index (χ0v) is 16.6. The summed E-state index contributed by atoms with van der Waals surface area (Å²) in [5.74, 6) is -0.0519. The number of hydrogen-bond acceptors (Lipinski definition) is 4. The Kier molecular flexibility index (Phi) is 4.43. The van der Waals surface area contributed by atoms with E-state index < -0.39 is 0 Å². The molecule has 0 bridgehead atoms. The molecular weight excluding hydrogens is 378 g/mol. The van der Waals surface area contributed by atoms with Crippen LogP contribution in [0, 0.1) is 0 Å². The van der Waals surface area contributed by atoms with Crippen molar-refractivity contribution in [2.45, 2.75) is 25.4 Å². The number of nitrogens with one attached hydrogen (secondary N) is 1. The number of aromatic nitrogens is 4. The molecule has 2 aromatic carbocycles. The fourth-order valence-electron chi connectivity index (χ4n) is 3.53. The van der Waals surface area contributed by atoms with Crippen LogP contribution in [0.2, 0.25) is 0 Å². The van der Waals surface area contributed by atoms with Gasteiger partial charge in [0.05, 0.1) is 18.1 Å². The Morgan fingerprint density at radius 2 is 1.83 bits per heavy atom. The first-order valence-electron chi connectivity index (χ1n) is 9.97. The molecule has 0 unspecified atom stereocenters. The van der Waals surface area contributed by atoms with Gasteiger partial charge in [0, 0.05) is 35.8 Å². The lowest BCUT2D eigenvalue weighted by Gasteiger charge is -2.11. The predicted octanol–water partition coefficient (Wildman–Crippen LogP) is 2.74. The Balaban J connectivity index is 1.50. The second kappa shape index (κ2) is 7.26. The van der Waals surface area contributed by atoms with Crippen LogP contribution in [0.25, 0.3) is 22.0 Å². The van der Waals surface area contributed by atoms with Gasteiger partial charge in [0.25, 0.3) is 11.5 Å². The molecule has 1 saturated carbocycles. The van der Waals surface area contributed by atoms with Crippen molar-refractivity contribution in [2.75, 3.05) is 0 Å². The van der Waals surface area contributed by atoms with E-state index in [1.807, 2.05) is 49.6 Å². The standard InChI is InChI=1S/C23H21N5O2/c1-27-14-17(12-24-27)21-19-4-2-3-5-20(19)23(30)28(26-21)13-15-6-8-16(9-7-15)22(29)25-18-10-11-18/h2-9,12,14,18H,10-11,13H2,1H3,(H,25,29). The van der Waals surface area contributed by atoms with Crippen molar-refractivity contribution in [3.8, 4) is 11.3 Å². The molecule has 150 valence electrons. The average Bonchev–Trinajstić information content (AvgIpc) is 3.47. The summed E-state index contributed by atoms with van der Waals surface area (Å²) in [6, 6.07) is 15.1. The van der Waals surface area contributed by atoms with Gasteiger partial charge < -0.3 is 5.32 Å². The minimum absolute atomic E-state index is 0.0519. The lowest BCUT2D eigenvalue weighted by Crippen LogP contribution is -2.26. The summed E-state index contributed by atoms with van der Waals surface area (Å²) >= 11 is 0. The van der Waals surface area contributed by atoms with E-state index in [0.29, 0.717) is 23.5 Å². The molecule has 1 aliphatic carbocycles. The first-order valence-corrected chi connectivity index (χ1v) is 9.97. The van der Waals surface area contributed by atoms with Crippen LogP contribution in [0.3, 0.4) is 0 Å². The van der Waals surface area contributed by atoms with Crippen LogP contribution in [0.1, 0.15) is 28.8 Å². The number of carbonyl (C=O) groups is 1. The SMILES string of the molecule is Cn1cc(-c2nn(Cc3ccc(C(=O)NC4CC4)cc3)c(=O)c3ccccc23)cn1. The minimum Gasteiger partial charge on any atom is -0.349 e. The van der Waals surface area contributed by atoms with Gasteiger partial charge in [0.1, 0.15) is 5.69 Å². The van der Waals surface area contributed by atoms with Crippen LogP contribution < -0.4 is 10.9 Å². The highest BCUT2D eigenvalue weighted by atomic mass is 16.1. The summed E-state index contributed by atoms with van der Waals surface area (Å²) in [5.41, 5.74) is 2.96. The van der Waals surface area contributed by atoms with Gasteiger partial charge in [-0.15, -0.1) is 0 Å². The van der Waals surface area contributed by atoms with E-state index >= 15 is 0 Å². The monoisotopic (exact) mass is 399 g/mol. The average molecular weight is 399 g/mol. The fourth-order valence-corrected chi connectivity index (χ4v) is 3.53. The topological polar surface area (TPSA) is 81.8 Å². The third-order valence-corrected chi connectivity index (χ3v) is 5.31. The summed E-state index contributed by atoms with van der Waals surface area (Å²) in [4.78, 5) is 25.2. The molecule has 1 N–H and O–H groups in total. The number of benzene rings is 2. The molecule has 2 aromatic heterocycles. The zero-order chi connectivity index (χ0) is 20.7. The molecule has 0 spiro atoms. The van der Waals surface area contributed by atoms with Crippen LogP contribution in [0.15, 0.2) is 65.7 Å². The van der Waals surface area contributed by atoms with E-state index in [-0.39, 0.29) is 11.5 Å². The van der Waals surface area contributed by atoms with Crippen molar-refractivity contribution in [3.05, 3.63) is 82.4 Å². The van der Waals surface area contributed by atoms with E-state index in [1.54, 1.807) is 23.0 Å². The predicted molar refractivity (Wildman–Crippen MR) is 114 cm³/mol. The number of amides is 1. The minimum atomic E-state index is -0.145. The summed E-state index contributed by atoms with van der Waals surface area (Å²) < 4.78 is 3.19. The van der Waals surface area contributed by atoms with Gasteiger partial charge in [0.2, 0.25) is 0 Å². The smallest absolute Gasteiger partial charge is 0.274 e. The van der Waals surface area contributed by atoms with Crippen molar-refractivity contribution in [1.82, 2.24) is 24.9 Å². The molecule has 0 atom stereocenters. The number of carbonyl (C=O) groups excluding carboxylic acids is 1. The first-order chi connectivity index (χ1) is 14.6. The highest BCUT2D eigenvalue weighted by molar-refractivity contribution is 5.95. The van der Waals surface area contributed by atoms with Gasteiger partial charge in [0.15, 0.2) is 0 Å². The third kappa shape index (κ3) is 3.50. The van der Waals surface area contributed by atoms with E-state index in [4.69, 9.17) is 0 Å². The zero-order valence-electron chi connectivity index (χ0n) is 16.6. The maximum atomic E-state index is 13.0. The second-order valence-electron chi connectivity index (χ2n) is 7.70. The number of rotatable bonds is 5. The molecule has 0 radical (unpaired) electrons. The molecule has 1 amide bonds. The van der Waals surface area contributed by atoms with E-state index in [9.17, 15) is 9.59 Å². The summed E-state index contributed by atoms with van der Waals surface area (Å²) in [6.45, 7) is 0.321. The lowest BCUT2D eigenvalue weighted by atomic mass is 10.1. The summed E-state index contributed by atoms with van der Waals surface area (Å²) in [6.07, 6.45) is 5.74. The molecule has 7 nitrogen and oxygen atoms in total. The highest BCUT2D eigenvalue weighted by Gasteiger charge is 2.23. The molecule has 2 heterocycles. The number of aryl methyl sites for hydroxylation is 1. The quantitative estimate of drug-likeness (QED) is 0.559. The summed E-state index contributed by atoms with van der Waals surface area (Å²) in [7, 11) is 1.85. The van der Waals surface area contributed by atoms with Crippen LogP contribution in [-0.2, 0) is 13.6 Å². The molecule has 0 saturated heterocycles. The van der Waals surface area contributed by atoms with Gasteiger partial charge >= 0.3 is 0 Å². The first kappa shape index (κ1) is 18.3. The van der Waals surface area contributed by atoms with Crippen LogP contribution in [0.4, 0.5) is 0 Å². The van der Waals surface area contributed by atoms with E-state index in [1.165, 1.54) is 4.68 Å². The summed E-state index contributed by atoms with van der Waals surface area (Å²) in [5, 5.41) is 13.3. The normalized spacial score (nSPS) is 13.5. The lowest BCUT2D eigenvalue weighted by molar-refractivity contribution is 0.0951. The molecule has 7 heteroatoms. The molecule has 30 heavy (non-hydrogen) atoms. The van der Waals surface area contributed by atoms with Gasteiger partial charge in [-0.25, -0.2) is 4.68 Å². The number of hydrogen-bond donors (Lipinski definition) is 1. The molecule has 0 aliphatic heterocycles. The van der Waals surface area contributed by atoms with Crippen LogP contribution >= 0.6 is 0 Å². The number of fused-ring (bicyclic) bond motifs is 1. The van der Waals surface area contributed by atoms with E-state index in [2.05, 4.69) is 15.5 Å². The van der Waals surface area contributed by atoms with Crippen molar-refractivity contribution in [1.29, 1.82) is 0 Å². The third-order valence-electron chi connectivity index (χ3n) is 5.31. The van der Waals surface area contributed by atoms with Crippen molar-refractivity contribution in [2.24, 2.45) is 7.05 Å². The molecule has 1 aliphatic rings. The van der Waals surface area contributed by atoms with Crippen molar-refractivity contribution < 1.29 is 4.79 Å². The largest absolute Gasteiger partial charge is 0.349 e. The highest BCUT2D eigenvalue weighted by Crippen LogP contribution is 2.24. The molecule has 5 rings (SSSR count). The molecule has 1 fully saturated rings. The van der Waals surface area contributed by atoms with Crippen LogP contribution in [-0.4, -0.2) is 31.5 Å². The number of nitrogens with zero attached hydrogens (tertiary/aromatic N) is 4. The Labute approximate surface area is 173 Å². The Bertz CT molecular complexity index is 1300. The Morgan fingerprint density at radius 3 is 2.50 bits per heavy atom. The van der Waals surface area contributed by atoms with Gasteiger partial charge in [-0.3, -0.25) is 14.3 Å². The van der Waals surface area contributed by atoms with Gasteiger partial charge in [-0.05, 0) is 36.6 Å². The van der Waals surface area contributed by atoms with Crippen molar-refractivity contribution >= 4 is 16.7 Å². The molecular formula is C23H21N5O2. The fraction of sp³-hybridized carbons (Fsp3) is 0.217. The van der Waals surface area contributed by atoms with Gasteiger partial charge in [-0.2, -0.15) is 10.2 Å². The van der Waals surface area contributed by atoms with E-state index in [0.717, 1.165) is 35.0 Å². The molecule has 4 aromatic rings. The maximum absolute atomic E-state index is 13.0. The maximum Gasteiger partial charge on any atom is 0.274 e.